The number of nitrogens with zero attached hydrogens (tertiary/aromatic N) is 1. The van der Waals surface area contributed by atoms with Crippen molar-refractivity contribution in [2.75, 3.05) is 12.0 Å². The van der Waals surface area contributed by atoms with Crippen LogP contribution in [0.15, 0.2) is 5.16 Å². The van der Waals surface area contributed by atoms with Crippen molar-refractivity contribution in [3.8, 4) is 0 Å². The predicted octanol–water partition coefficient (Wildman–Crippen LogP) is 2.76. The molecule has 0 fully saturated rings. The summed E-state index contributed by atoms with van der Waals surface area (Å²) >= 11 is 1.90. The maximum Gasteiger partial charge on any atom is 0.0435 e. The predicted molar refractivity (Wildman–Crippen MR) is 51.7 cm³/mol. The van der Waals surface area contributed by atoms with Crippen LogP contribution in [-0.2, 0) is 0 Å². The van der Waals surface area contributed by atoms with Crippen molar-refractivity contribution in [3.63, 3.8) is 0 Å². The number of hydrogen-bond acceptors (Lipinski definition) is 3. The van der Waals surface area contributed by atoms with Crippen molar-refractivity contribution in [1.29, 1.82) is 0 Å². The third-order valence-electron chi connectivity index (χ3n) is 1.51. The van der Waals surface area contributed by atoms with Gasteiger partial charge in [0.05, 0.1) is 0 Å². The zero-order valence-electron chi connectivity index (χ0n) is 7.12. The van der Waals surface area contributed by atoms with Crippen LogP contribution in [-0.4, -0.2) is 23.4 Å². The van der Waals surface area contributed by atoms with Crippen molar-refractivity contribution < 1.29 is 5.21 Å². The van der Waals surface area contributed by atoms with E-state index in [4.69, 9.17) is 5.21 Å². The molecule has 0 aliphatic heterocycles. The summed E-state index contributed by atoms with van der Waals surface area (Å²) in [5.41, 5.74) is 0. The van der Waals surface area contributed by atoms with E-state index in [1.807, 2.05) is 11.8 Å². The quantitative estimate of drug-likeness (QED) is 0.279. The lowest BCUT2D eigenvalue weighted by Crippen LogP contribution is -1.82. The fourth-order valence-corrected chi connectivity index (χ4v) is 1.39. The zero-order chi connectivity index (χ0) is 8.36. The van der Waals surface area contributed by atoms with Crippen LogP contribution < -0.4 is 0 Å². The lowest BCUT2D eigenvalue weighted by molar-refractivity contribution is 0.320. The molecule has 0 aromatic rings. The van der Waals surface area contributed by atoms with Gasteiger partial charge < -0.3 is 5.21 Å². The fourth-order valence-electron chi connectivity index (χ4n) is 0.893. The Labute approximate surface area is 73.1 Å². The second-order valence-electron chi connectivity index (χ2n) is 2.49. The van der Waals surface area contributed by atoms with Gasteiger partial charge in [0.25, 0.3) is 0 Å². The maximum absolute atomic E-state index is 8.07. The van der Waals surface area contributed by atoms with Crippen LogP contribution in [0.1, 0.15) is 32.1 Å². The van der Waals surface area contributed by atoms with Gasteiger partial charge in [-0.25, -0.2) is 0 Å². The fraction of sp³-hybridized carbons (Fsp3) is 0.875. The van der Waals surface area contributed by atoms with Crippen LogP contribution in [0.4, 0.5) is 0 Å². The summed E-state index contributed by atoms with van der Waals surface area (Å²) in [4.78, 5) is 0. The highest BCUT2D eigenvalue weighted by Gasteiger charge is 1.87. The molecule has 66 valence electrons. The molecule has 0 rings (SSSR count). The first-order chi connectivity index (χ1) is 5.41. The molecule has 2 nitrogen and oxygen atoms in total. The zero-order valence-corrected chi connectivity index (χ0v) is 7.94. The molecule has 0 aromatic carbocycles. The second-order valence-corrected chi connectivity index (χ2v) is 3.48. The highest BCUT2D eigenvalue weighted by molar-refractivity contribution is 7.98. The monoisotopic (exact) mass is 175 g/mol. The van der Waals surface area contributed by atoms with E-state index in [-0.39, 0.29) is 0 Å². The normalized spacial score (nSPS) is 11.0. The van der Waals surface area contributed by atoms with Gasteiger partial charge in [0.1, 0.15) is 0 Å². The first kappa shape index (κ1) is 10.8. The van der Waals surface area contributed by atoms with Crippen LogP contribution in [0.2, 0.25) is 0 Å². The first-order valence-electron chi connectivity index (χ1n) is 4.06. The SMILES string of the molecule is CSCCCCCC/C=N/O. The molecule has 0 saturated carbocycles. The largest absolute Gasteiger partial charge is 0.411 e. The van der Waals surface area contributed by atoms with E-state index in [0.717, 1.165) is 12.8 Å². The highest BCUT2D eigenvalue weighted by Crippen LogP contribution is 2.05. The average Bonchev–Trinajstić information content (AvgIpc) is 2.03. The van der Waals surface area contributed by atoms with Gasteiger partial charge in [-0.3, -0.25) is 0 Å². The lowest BCUT2D eigenvalue weighted by atomic mass is 10.2. The van der Waals surface area contributed by atoms with E-state index >= 15 is 0 Å². The van der Waals surface area contributed by atoms with Crippen molar-refractivity contribution in [2.45, 2.75) is 32.1 Å². The van der Waals surface area contributed by atoms with Gasteiger partial charge in [-0.15, -0.1) is 5.16 Å². The van der Waals surface area contributed by atoms with Crippen molar-refractivity contribution in [3.05, 3.63) is 0 Å². The number of oxime groups is 1. The molecule has 0 saturated heterocycles. The van der Waals surface area contributed by atoms with Crippen LogP contribution >= 0.6 is 11.8 Å². The summed E-state index contributed by atoms with van der Waals surface area (Å²) < 4.78 is 0. The third-order valence-corrected chi connectivity index (χ3v) is 2.21. The lowest BCUT2D eigenvalue weighted by Gasteiger charge is -1.96. The van der Waals surface area contributed by atoms with Crippen molar-refractivity contribution in [1.82, 2.24) is 0 Å². The molecular weight excluding hydrogens is 158 g/mol. The van der Waals surface area contributed by atoms with Crippen molar-refractivity contribution in [2.24, 2.45) is 5.16 Å². The van der Waals surface area contributed by atoms with Gasteiger partial charge in [-0.05, 0) is 31.3 Å². The van der Waals surface area contributed by atoms with Gasteiger partial charge in [-0.1, -0.05) is 12.8 Å². The minimum Gasteiger partial charge on any atom is -0.411 e. The summed E-state index contributed by atoms with van der Waals surface area (Å²) in [6, 6.07) is 0. The molecule has 0 radical (unpaired) electrons. The third kappa shape index (κ3) is 9.82. The maximum atomic E-state index is 8.07. The summed E-state index contributed by atoms with van der Waals surface area (Å²) in [6.45, 7) is 0. The van der Waals surface area contributed by atoms with Crippen LogP contribution in [0.3, 0.4) is 0 Å². The van der Waals surface area contributed by atoms with E-state index in [9.17, 15) is 0 Å². The molecule has 0 heterocycles. The smallest absolute Gasteiger partial charge is 0.0435 e. The van der Waals surface area contributed by atoms with Gasteiger partial charge in [0, 0.05) is 6.21 Å². The Bertz CT molecular complexity index is 96.1. The number of hydrogen-bond donors (Lipinski definition) is 1. The minimum absolute atomic E-state index is 0.912. The van der Waals surface area contributed by atoms with Crippen molar-refractivity contribution >= 4 is 18.0 Å². The van der Waals surface area contributed by atoms with Crippen LogP contribution in [0, 0.1) is 0 Å². The molecule has 3 heteroatoms. The van der Waals surface area contributed by atoms with Gasteiger partial charge in [0.15, 0.2) is 0 Å². The standard InChI is InChI=1S/C8H17NOS/c1-11-8-6-4-2-3-5-7-9-10/h7,10H,2-6,8H2,1H3/b9-7+. The summed E-state index contributed by atoms with van der Waals surface area (Å²) in [7, 11) is 0. The Morgan fingerprint density at radius 1 is 1.27 bits per heavy atom. The van der Waals surface area contributed by atoms with Gasteiger partial charge >= 0.3 is 0 Å². The van der Waals surface area contributed by atoms with E-state index in [2.05, 4.69) is 11.4 Å². The molecule has 0 spiro atoms. The van der Waals surface area contributed by atoms with E-state index in [0.29, 0.717) is 0 Å². The molecule has 0 aliphatic carbocycles. The molecule has 0 amide bonds. The molecule has 0 unspecified atom stereocenters. The second kappa shape index (κ2) is 9.82. The average molecular weight is 175 g/mol. The Hall–Kier alpha value is -0.180. The number of unbranched alkanes of at least 4 members (excludes halogenated alkanes) is 4. The molecule has 0 atom stereocenters. The van der Waals surface area contributed by atoms with Gasteiger partial charge in [-0.2, -0.15) is 11.8 Å². The molecule has 0 bridgehead atoms. The van der Waals surface area contributed by atoms with E-state index < -0.39 is 0 Å². The summed E-state index contributed by atoms with van der Waals surface area (Å²) in [6.07, 6.45) is 9.64. The summed E-state index contributed by atoms with van der Waals surface area (Å²) in [5, 5.41) is 11.0. The molecule has 0 aliphatic rings. The highest BCUT2D eigenvalue weighted by atomic mass is 32.2. The Kier molecular flexibility index (Phi) is 9.66. The summed E-state index contributed by atoms with van der Waals surface area (Å²) in [5.74, 6) is 1.27. The molecule has 1 N–H and O–H groups in total. The van der Waals surface area contributed by atoms with Gasteiger partial charge in [0.2, 0.25) is 0 Å². The number of rotatable bonds is 7. The number of thioether (sulfide) groups is 1. The molecule has 0 aromatic heterocycles. The Morgan fingerprint density at radius 2 is 2.00 bits per heavy atom. The Balaban J connectivity index is 2.79. The first-order valence-corrected chi connectivity index (χ1v) is 5.46. The minimum atomic E-state index is 0.912. The topological polar surface area (TPSA) is 32.6 Å². The molecule has 11 heavy (non-hydrogen) atoms. The molecular formula is C8H17NOS. The van der Waals surface area contributed by atoms with Crippen LogP contribution in [0.25, 0.3) is 0 Å². The Morgan fingerprint density at radius 3 is 2.64 bits per heavy atom. The van der Waals surface area contributed by atoms with Crippen LogP contribution in [0.5, 0.6) is 0 Å². The van der Waals surface area contributed by atoms with E-state index in [1.54, 1.807) is 6.21 Å². The van der Waals surface area contributed by atoms with E-state index in [1.165, 1.54) is 25.0 Å².